The van der Waals surface area contributed by atoms with E-state index in [0.29, 0.717) is 25.1 Å². The highest BCUT2D eigenvalue weighted by Gasteiger charge is 2.10. The van der Waals surface area contributed by atoms with Crippen LogP contribution in [0.25, 0.3) is 0 Å². The molecular weight excluding hydrogens is 366 g/mol. The van der Waals surface area contributed by atoms with Gasteiger partial charge in [-0.15, -0.1) is 0 Å². The van der Waals surface area contributed by atoms with Crippen molar-refractivity contribution in [3.63, 3.8) is 0 Å². The molecule has 146 valence electrons. The minimum Gasteiger partial charge on any atom is -0.463 e. The Kier molecular flexibility index (Phi) is 8.92. The lowest BCUT2D eigenvalue weighted by atomic mass is 10.1. The zero-order chi connectivity index (χ0) is 19.5. The number of unbranched alkanes of at least 4 members (excludes halogenated alkanes) is 2. The molecule has 1 aromatic heterocycles. The van der Waals surface area contributed by atoms with Crippen LogP contribution in [-0.2, 0) is 22.4 Å². The fourth-order valence-electron chi connectivity index (χ4n) is 2.79. The van der Waals surface area contributed by atoms with Gasteiger partial charge in [-0.3, -0.25) is 4.79 Å². The van der Waals surface area contributed by atoms with Gasteiger partial charge in [-0.1, -0.05) is 30.2 Å². The van der Waals surface area contributed by atoms with E-state index < -0.39 is 5.97 Å². The molecule has 0 unspecified atom stereocenters. The van der Waals surface area contributed by atoms with E-state index in [1.807, 2.05) is 18.2 Å². The molecule has 0 saturated heterocycles. The Morgan fingerprint density at radius 1 is 1.07 bits per heavy atom. The number of carbonyl (C=O) groups is 2. The smallest absolute Gasteiger partial charge is 0.373 e. The maximum Gasteiger partial charge on any atom is 0.373 e. The van der Waals surface area contributed by atoms with Gasteiger partial charge in [0.25, 0.3) is 0 Å². The molecule has 0 spiro atoms. The number of hydrogen-bond donors (Lipinski definition) is 1. The number of amides is 1. The molecule has 6 heteroatoms. The second-order valence-electron chi connectivity index (χ2n) is 6.40. The minimum absolute atomic E-state index is 0.0763. The quantitative estimate of drug-likeness (QED) is 0.450. The molecule has 1 aromatic carbocycles. The normalized spacial score (nSPS) is 10.6. The number of nitrogens with one attached hydrogen (secondary N) is 1. The second-order valence-corrected chi connectivity index (χ2v) is 6.84. The first-order chi connectivity index (χ1) is 13.1. The number of rotatable bonds is 11. The molecule has 5 nitrogen and oxygen atoms in total. The summed E-state index contributed by atoms with van der Waals surface area (Å²) in [6, 6.07) is 11.3. The van der Waals surface area contributed by atoms with Gasteiger partial charge in [0, 0.05) is 24.4 Å². The Morgan fingerprint density at radius 3 is 2.70 bits per heavy atom. The van der Waals surface area contributed by atoms with Gasteiger partial charge >= 0.3 is 5.97 Å². The number of halogens is 1. The van der Waals surface area contributed by atoms with E-state index >= 15 is 0 Å². The summed E-state index contributed by atoms with van der Waals surface area (Å²) >= 11 is 5.97. The minimum atomic E-state index is -0.482. The van der Waals surface area contributed by atoms with Crippen LogP contribution in [0.1, 0.15) is 54.0 Å². The van der Waals surface area contributed by atoms with Gasteiger partial charge in [-0.05, 0) is 55.5 Å². The summed E-state index contributed by atoms with van der Waals surface area (Å²) in [7, 11) is 1.32. The number of aryl methyl sites for hydroxylation is 2. The van der Waals surface area contributed by atoms with E-state index in [9.17, 15) is 9.59 Å². The van der Waals surface area contributed by atoms with Crippen LogP contribution in [0.4, 0.5) is 0 Å². The summed E-state index contributed by atoms with van der Waals surface area (Å²) < 4.78 is 9.98. The molecule has 0 aliphatic heterocycles. The third-order valence-electron chi connectivity index (χ3n) is 4.23. The van der Waals surface area contributed by atoms with Gasteiger partial charge in [0.05, 0.1) is 7.11 Å². The van der Waals surface area contributed by atoms with Crippen LogP contribution in [0.3, 0.4) is 0 Å². The molecule has 1 amide bonds. The topological polar surface area (TPSA) is 68.5 Å². The number of hydrogen-bond acceptors (Lipinski definition) is 4. The molecule has 0 radical (unpaired) electrons. The largest absolute Gasteiger partial charge is 0.463 e. The Labute approximate surface area is 165 Å². The molecule has 1 heterocycles. The van der Waals surface area contributed by atoms with Crippen LogP contribution < -0.4 is 5.32 Å². The lowest BCUT2D eigenvalue weighted by Crippen LogP contribution is -2.24. The van der Waals surface area contributed by atoms with Gasteiger partial charge in [-0.25, -0.2) is 4.79 Å². The molecule has 0 saturated carbocycles. The lowest BCUT2D eigenvalue weighted by Gasteiger charge is -2.05. The molecule has 2 aromatic rings. The van der Waals surface area contributed by atoms with Crippen LogP contribution in [-0.4, -0.2) is 25.5 Å². The molecule has 0 bridgehead atoms. The van der Waals surface area contributed by atoms with Crippen molar-refractivity contribution in [3.8, 4) is 0 Å². The predicted molar refractivity (Wildman–Crippen MR) is 105 cm³/mol. The van der Waals surface area contributed by atoms with Crippen LogP contribution in [0, 0.1) is 0 Å². The Hall–Kier alpha value is -2.27. The van der Waals surface area contributed by atoms with Crippen molar-refractivity contribution in [2.75, 3.05) is 13.7 Å². The SMILES string of the molecule is COC(=O)c1ccc(CCCNC(=O)CCCCCc2cccc(Cl)c2)o1. The van der Waals surface area contributed by atoms with Crippen molar-refractivity contribution in [1.82, 2.24) is 5.32 Å². The van der Waals surface area contributed by atoms with E-state index in [-0.39, 0.29) is 11.7 Å². The zero-order valence-electron chi connectivity index (χ0n) is 15.6. The van der Waals surface area contributed by atoms with Crippen molar-refractivity contribution >= 4 is 23.5 Å². The second kappa shape index (κ2) is 11.4. The summed E-state index contributed by atoms with van der Waals surface area (Å²) in [6.07, 6.45) is 5.90. The average molecular weight is 392 g/mol. The summed E-state index contributed by atoms with van der Waals surface area (Å²) in [5.74, 6) is 0.511. The highest BCUT2D eigenvalue weighted by Crippen LogP contribution is 2.14. The molecule has 0 aliphatic carbocycles. The van der Waals surface area contributed by atoms with Crippen molar-refractivity contribution in [2.24, 2.45) is 0 Å². The summed E-state index contributed by atoms with van der Waals surface area (Å²) in [6.45, 7) is 0.593. The monoisotopic (exact) mass is 391 g/mol. The van der Waals surface area contributed by atoms with Crippen molar-refractivity contribution in [3.05, 3.63) is 58.5 Å². The number of furan rings is 1. The number of carbonyl (C=O) groups excluding carboxylic acids is 2. The first-order valence-electron chi connectivity index (χ1n) is 9.26. The third kappa shape index (κ3) is 7.87. The van der Waals surface area contributed by atoms with Crippen LogP contribution in [0.2, 0.25) is 5.02 Å². The van der Waals surface area contributed by atoms with Gasteiger partial charge in [0.1, 0.15) is 5.76 Å². The summed E-state index contributed by atoms with van der Waals surface area (Å²) in [4.78, 5) is 23.2. The lowest BCUT2D eigenvalue weighted by molar-refractivity contribution is -0.121. The van der Waals surface area contributed by atoms with E-state index in [2.05, 4.69) is 16.1 Å². The maximum absolute atomic E-state index is 11.9. The number of benzene rings is 1. The number of esters is 1. The maximum atomic E-state index is 11.9. The van der Waals surface area contributed by atoms with Crippen molar-refractivity contribution in [2.45, 2.75) is 44.9 Å². The molecule has 27 heavy (non-hydrogen) atoms. The molecule has 0 aliphatic rings. The number of methoxy groups -OCH3 is 1. The van der Waals surface area contributed by atoms with Gasteiger partial charge < -0.3 is 14.5 Å². The first-order valence-corrected chi connectivity index (χ1v) is 9.64. The van der Waals surface area contributed by atoms with E-state index in [4.69, 9.17) is 16.0 Å². The standard InChI is InChI=1S/C21H26ClNO4/c1-26-21(25)19-13-12-18(27-19)10-6-14-23-20(24)11-4-2-3-7-16-8-5-9-17(22)15-16/h5,8-9,12-13,15H,2-4,6-7,10-11,14H2,1H3,(H,23,24). The van der Waals surface area contributed by atoms with Crippen LogP contribution in [0.5, 0.6) is 0 Å². The molecule has 2 rings (SSSR count). The summed E-state index contributed by atoms with van der Waals surface area (Å²) in [5.41, 5.74) is 1.24. The predicted octanol–water partition coefficient (Wildman–Crippen LogP) is 4.57. The first kappa shape index (κ1) is 21.0. The Morgan fingerprint density at radius 2 is 1.93 bits per heavy atom. The van der Waals surface area contributed by atoms with Gasteiger partial charge in [0.15, 0.2) is 0 Å². The molecule has 1 N–H and O–H groups in total. The highest BCUT2D eigenvalue weighted by molar-refractivity contribution is 6.30. The summed E-state index contributed by atoms with van der Waals surface area (Å²) in [5, 5.41) is 3.69. The van der Waals surface area contributed by atoms with Gasteiger partial charge in [0.2, 0.25) is 11.7 Å². The van der Waals surface area contributed by atoms with E-state index in [0.717, 1.165) is 37.1 Å². The van der Waals surface area contributed by atoms with Crippen LogP contribution >= 0.6 is 11.6 Å². The van der Waals surface area contributed by atoms with E-state index in [1.54, 1.807) is 12.1 Å². The molecule has 0 atom stereocenters. The molecule has 0 fully saturated rings. The number of ether oxygens (including phenoxy) is 1. The Bertz CT molecular complexity index is 741. The zero-order valence-corrected chi connectivity index (χ0v) is 16.4. The van der Waals surface area contributed by atoms with Crippen LogP contribution in [0.15, 0.2) is 40.8 Å². The fourth-order valence-corrected chi connectivity index (χ4v) is 3.00. The molecular formula is C21H26ClNO4. The van der Waals surface area contributed by atoms with E-state index in [1.165, 1.54) is 12.7 Å². The Balaban J connectivity index is 1.51. The van der Waals surface area contributed by atoms with Gasteiger partial charge in [-0.2, -0.15) is 0 Å². The third-order valence-corrected chi connectivity index (χ3v) is 4.46. The fraction of sp³-hybridized carbons (Fsp3) is 0.429. The average Bonchev–Trinajstić information content (AvgIpc) is 3.13. The highest BCUT2D eigenvalue weighted by atomic mass is 35.5. The van der Waals surface area contributed by atoms with Crippen molar-refractivity contribution in [1.29, 1.82) is 0 Å². The van der Waals surface area contributed by atoms with Crippen molar-refractivity contribution < 1.29 is 18.7 Å².